The SMILES string of the molecule is O=C(Nc1cccc2ccccc12)N(CCCCO)C1CC1. The Hall–Kier alpha value is -2.07. The molecule has 1 aliphatic carbocycles. The van der Waals surface area contributed by atoms with Gasteiger partial charge < -0.3 is 15.3 Å². The van der Waals surface area contributed by atoms with Gasteiger partial charge in [-0.2, -0.15) is 0 Å². The van der Waals surface area contributed by atoms with Crippen LogP contribution in [-0.4, -0.2) is 35.2 Å². The van der Waals surface area contributed by atoms with Crippen molar-refractivity contribution in [2.24, 2.45) is 0 Å². The quantitative estimate of drug-likeness (QED) is 0.800. The number of fused-ring (bicyclic) bond motifs is 1. The average molecular weight is 298 g/mol. The summed E-state index contributed by atoms with van der Waals surface area (Å²) in [4.78, 5) is 14.5. The summed E-state index contributed by atoms with van der Waals surface area (Å²) in [6.45, 7) is 0.894. The van der Waals surface area contributed by atoms with Crippen LogP contribution in [0.25, 0.3) is 10.8 Å². The highest BCUT2D eigenvalue weighted by molar-refractivity contribution is 6.01. The third-order valence-electron chi connectivity index (χ3n) is 4.09. The van der Waals surface area contributed by atoms with Crippen molar-refractivity contribution in [1.29, 1.82) is 0 Å². The number of nitrogens with one attached hydrogen (secondary N) is 1. The molecule has 0 bridgehead atoms. The third kappa shape index (κ3) is 3.39. The first kappa shape index (κ1) is 14.9. The third-order valence-corrected chi connectivity index (χ3v) is 4.09. The number of amides is 2. The molecule has 0 aliphatic heterocycles. The fraction of sp³-hybridized carbons (Fsp3) is 0.389. The second kappa shape index (κ2) is 6.79. The monoisotopic (exact) mass is 298 g/mol. The summed E-state index contributed by atoms with van der Waals surface area (Å²) >= 11 is 0. The van der Waals surface area contributed by atoms with E-state index in [-0.39, 0.29) is 12.6 Å². The van der Waals surface area contributed by atoms with E-state index in [1.807, 2.05) is 47.4 Å². The molecule has 0 spiro atoms. The zero-order valence-electron chi connectivity index (χ0n) is 12.7. The Bertz CT molecular complexity index is 647. The van der Waals surface area contributed by atoms with Crippen LogP contribution < -0.4 is 5.32 Å². The molecule has 2 N–H and O–H groups in total. The molecule has 0 unspecified atom stereocenters. The van der Waals surface area contributed by atoms with Crippen molar-refractivity contribution in [1.82, 2.24) is 4.90 Å². The first-order chi connectivity index (χ1) is 10.8. The van der Waals surface area contributed by atoms with Crippen LogP contribution in [0.5, 0.6) is 0 Å². The van der Waals surface area contributed by atoms with Crippen LogP contribution in [0.1, 0.15) is 25.7 Å². The maximum atomic E-state index is 12.6. The van der Waals surface area contributed by atoms with Gasteiger partial charge in [-0.05, 0) is 37.1 Å². The van der Waals surface area contributed by atoms with E-state index in [4.69, 9.17) is 5.11 Å². The van der Waals surface area contributed by atoms with Gasteiger partial charge in [-0.25, -0.2) is 4.79 Å². The van der Waals surface area contributed by atoms with E-state index < -0.39 is 0 Å². The van der Waals surface area contributed by atoms with Gasteiger partial charge in [0, 0.05) is 24.6 Å². The first-order valence-corrected chi connectivity index (χ1v) is 7.96. The lowest BCUT2D eigenvalue weighted by Crippen LogP contribution is -2.37. The molecule has 2 amide bonds. The molecule has 4 nitrogen and oxygen atoms in total. The predicted molar refractivity (Wildman–Crippen MR) is 89.0 cm³/mol. The lowest BCUT2D eigenvalue weighted by molar-refractivity contribution is 0.204. The largest absolute Gasteiger partial charge is 0.396 e. The van der Waals surface area contributed by atoms with Crippen LogP contribution >= 0.6 is 0 Å². The van der Waals surface area contributed by atoms with Crippen molar-refractivity contribution < 1.29 is 9.90 Å². The van der Waals surface area contributed by atoms with Gasteiger partial charge in [-0.1, -0.05) is 36.4 Å². The Morgan fingerprint density at radius 3 is 2.68 bits per heavy atom. The molecule has 1 fully saturated rings. The highest BCUT2D eigenvalue weighted by Gasteiger charge is 2.32. The van der Waals surface area contributed by atoms with Gasteiger partial charge in [0.1, 0.15) is 0 Å². The highest BCUT2D eigenvalue weighted by atomic mass is 16.3. The Kier molecular flexibility index (Phi) is 4.59. The number of hydrogen-bond acceptors (Lipinski definition) is 2. The molecule has 116 valence electrons. The summed E-state index contributed by atoms with van der Waals surface area (Å²) < 4.78 is 0. The van der Waals surface area contributed by atoms with Crippen LogP contribution in [0, 0.1) is 0 Å². The van der Waals surface area contributed by atoms with Crippen LogP contribution in [0.2, 0.25) is 0 Å². The molecule has 0 atom stereocenters. The number of urea groups is 1. The number of unbranched alkanes of at least 4 members (excludes halogenated alkanes) is 1. The van der Waals surface area contributed by atoms with E-state index in [0.29, 0.717) is 12.6 Å². The van der Waals surface area contributed by atoms with Crippen molar-refractivity contribution in [3.05, 3.63) is 42.5 Å². The lowest BCUT2D eigenvalue weighted by Gasteiger charge is -2.23. The number of anilines is 1. The molecule has 0 saturated heterocycles. The number of benzene rings is 2. The maximum absolute atomic E-state index is 12.6. The molecular formula is C18H22N2O2. The van der Waals surface area contributed by atoms with Crippen molar-refractivity contribution in [3.63, 3.8) is 0 Å². The summed E-state index contributed by atoms with van der Waals surface area (Å²) in [6.07, 6.45) is 3.75. The highest BCUT2D eigenvalue weighted by Crippen LogP contribution is 2.29. The van der Waals surface area contributed by atoms with E-state index in [2.05, 4.69) is 5.32 Å². The molecule has 22 heavy (non-hydrogen) atoms. The lowest BCUT2D eigenvalue weighted by atomic mass is 10.1. The molecule has 0 aromatic heterocycles. The zero-order chi connectivity index (χ0) is 15.4. The Morgan fingerprint density at radius 2 is 1.91 bits per heavy atom. The summed E-state index contributed by atoms with van der Waals surface area (Å²) in [5.41, 5.74) is 0.857. The van der Waals surface area contributed by atoms with E-state index in [1.54, 1.807) is 0 Å². The molecule has 2 aromatic carbocycles. The van der Waals surface area contributed by atoms with E-state index in [0.717, 1.165) is 42.1 Å². The van der Waals surface area contributed by atoms with Crippen LogP contribution in [-0.2, 0) is 0 Å². The molecule has 2 aromatic rings. The average Bonchev–Trinajstić information content (AvgIpc) is 3.36. The van der Waals surface area contributed by atoms with Gasteiger partial charge in [-0.3, -0.25) is 0 Å². The Morgan fingerprint density at radius 1 is 1.14 bits per heavy atom. The molecule has 0 heterocycles. The molecule has 1 saturated carbocycles. The van der Waals surface area contributed by atoms with Gasteiger partial charge in [0.15, 0.2) is 0 Å². The Balaban J connectivity index is 1.73. The van der Waals surface area contributed by atoms with Gasteiger partial charge in [0.25, 0.3) is 0 Å². The Labute approximate surface area is 130 Å². The minimum Gasteiger partial charge on any atom is -0.396 e. The van der Waals surface area contributed by atoms with Crippen LogP contribution in [0.4, 0.5) is 10.5 Å². The maximum Gasteiger partial charge on any atom is 0.322 e. The molecule has 0 radical (unpaired) electrons. The number of hydrogen-bond donors (Lipinski definition) is 2. The summed E-state index contributed by atoms with van der Waals surface area (Å²) in [7, 11) is 0. The zero-order valence-corrected chi connectivity index (χ0v) is 12.7. The van der Waals surface area contributed by atoms with Crippen molar-refractivity contribution >= 4 is 22.5 Å². The minimum atomic E-state index is -0.0307. The van der Waals surface area contributed by atoms with E-state index >= 15 is 0 Å². The minimum absolute atomic E-state index is 0.0307. The number of carbonyl (C=O) groups excluding carboxylic acids is 1. The summed E-state index contributed by atoms with van der Waals surface area (Å²) in [5.74, 6) is 0. The molecule has 4 heteroatoms. The number of nitrogens with zero attached hydrogens (tertiary/aromatic N) is 1. The standard InChI is InChI=1S/C18H22N2O2/c21-13-4-3-12-20(15-10-11-15)18(22)19-17-9-5-7-14-6-1-2-8-16(14)17/h1-2,5-9,15,21H,3-4,10-13H2,(H,19,22). The molecule has 1 aliphatic rings. The van der Waals surface area contributed by atoms with Crippen molar-refractivity contribution in [2.75, 3.05) is 18.5 Å². The smallest absolute Gasteiger partial charge is 0.322 e. The number of rotatable bonds is 6. The fourth-order valence-corrected chi connectivity index (χ4v) is 2.75. The van der Waals surface area contributed by atoms with E-state index in [9.17, 15) is 4.79 Å². The van der Waals surface area contributed by atoms with Gasteiger partial charge >= 0.3 is 6.03 Å². The topological polar surface area (TPSA) is 52.6 Å². The second-order valence-corrected chi connectivity index (χ2v) is 5.81. The molecular weight excluding hydrogens is 276 g/mol. The number of aliphatic hydroxyl groups is 1. The van der Waals surface area contributed by atoms with Gasteiger partial charge in [0.2, 0.25) is 0 Å². The van der Waals surface area contributed by atoms with Crippen LogP contribution in [0.15, 0.2) is 42.5 Å². The van der Waals surface area contributed by atoms with Crippen molar-refractivity contribution in [3.8, 4) is 0 Å². The fourth-order valence-electron chi connectivity index (χ4n) is 2.75. The predicted octanol–water partition coefficient (Wildman–Crippen LogP) is 3.61. The first-order valence-electron chi connectivity index (χ1n) is 7.96. The number of aliphatic hydroxyl groups excluding tert-OH is 1. The van der Waals surface area contributed by atoms with Gasteiger partial charge in [0.05, 0.1) is 5.69 Å². The van der Waals surface area contributed by atoms with Gasteiger partial charge in [-0.15, -0.1) is 0 Å². The normalized spacial score (nSPS) is 14.0. The van der Waals surface area contributed by atoms with Crippen molar-refractivity contribution in [2.45, 2.75) is 31.7 Å². The van der Waals surface area contributed by atoms with Crippen LogP contribution in [0.3, 0.4) is 0 Å². The summed E-state index contributed by atoms with van der Waals surface area (Å²) in [6, 6.07) is 14.3. The van der Waals surface area contributed by atoms with E-state index in [1.165, 1.54) is 0 Å². The molecule has 3 rings (SSSR count). The number of carbonyl (C=O) groups is 1. The summed E-state index contributed by atoms with van der Waals surface area (Å²) in [5, 5.41) is 14.1. The second-order valence-electron chi connectivity index (χ2n) is 5.81.